The summed E-state index contributed by atoms with van der Waals surface area (Å²) in [7, 11) is -1.16. The predicted octanol–water partition coefficient (Wildman–Crippen LogP) is 4.82. The van der Waals surface area contributed by atoms with Gasteiger partial charge >= 0.3 is 104 Å². The second-order valence-corrected chi connectivity index (χ2v) is 23.1. The van der Waals surface area contributed by atoms with Gasteiger partial charge < -0.3 is 0 Å². The number of hydrogen-bond acceptors (Lipinski definition) is 0. The Morgan fingerprint density at radius 1 is 1.00 bits per heavy atom. The maximum atomic E-state index is 2.51. The van der Waals surface area contributed by atoms with Crippen molar-refractivity contribution in [3.05, 3.63) is 39.9 Å². The van der Waals surface area contributed by atoms with Crippen LogP contribution < -0.4 is 0 Å². The van der Waals surface area contributed by atoms with Gasteiger partial charge in [-0.15, -0.1) is 0 Å². The van der Waals surface area contributed by atoms with Crippen LogP contribution in [-0.2, 0) is 0 Å². The summed E-state index contributed by atoms with van der Waals surface area (Å²) >= 11 is -1.69. The molecule has 0 saturated carbocycles. The van der Waals surface area contributed by atoms with Crippen LogP contribution in [0.4, 0.5) is 0 Å². The van der Waals surface area contributed by atoms with Crippen LogP contribution in [0.2, 0.25) is 36.9 Å². The second-order valence-electron chi connectivity index (χ2n) is 6.47. The molecule has 0 atom stereocenters. The van der Waals surface area contributed by atoms with E-state index in [1.165, 1.54) is 5.56 Å². The summed E-state index contributed by atoms with van der Waals surface area (Å²) in [5, 5.41) is 0. The summed E-state index contributed by atoms with van der Waals surface area (Å²) in [6.07, 6.45) is 2.48. The molecule has 0 bridgehead atoms. The van der Waals surface area contributed by atoms with Crippen molar-refractivity contribution in [2.75, 3.05) is 0 Å². The zero-order chi connectivity index (χ0) is 12.4. The fraction of sp³-hybridized carbons (Fsp3) is 0.429. The van der Waals surface area contributed by atoms with E-state index in [-0.39, 0.29) is 0 Å². The number of benzene rings is 1. The molecule has 0 unspecified atom stereocenters. The molecular weight excluding hydrogens is 269 g/mol. The van der Waals surface area contributed by atoms with Crippen molar-refractivity contribution in [2.24, 2.45) is 0 Å². The van der Waals surface area contributed by atoms with Crippen LogP contribution in [0.5, 0.6) is 0 Å². The number of rotatable bonds is 3. The third-order valence-electron chi connectivity index (χ3n) is 2.73. The van der Waals surface area contributed by atoms with Crippen LogP contribution >= 0.6 is 0 Å². The first-order valence-electron chi connectivity index (χ1n) is 5.99. The summed E-state index contributed by atoms with van der Waals surface area (Å²) in [6.45, 7) is 7.41. The minimum atomic E-state index is -1.69. The Balaban J connectivity index is 3.19. The van der Waals surface area contributed by atoms with E-state index in [1.807, 2.05) is 4.03 Å². The molecular formula is C14H24GeSi. The van der Waals surface area contributed by atoms with Gasteiger partial charge in [0.1, 0.15) is 0 Å². The Labute approximate surface area is 104 Å². The molecule has 0 spiro atoms. The van der Waals surface area contributed by atoms with Crippen molar-refractivity contribution < 1.29 is 0 Å². The third kappa shape index (κ3) is 3.95. The van der Waals surface area contributed by atoms with Gasteiger partial charge in [-0.25, -0.2) is 0 Å². The van der Waals surface area contributed by atoms with Crippen molar-refractivity contribution in [1.29, 1.82) is 0 Å². The van der Waals surface area contributed by atoms with Gasteiger partial charge in [-0.3, -0.25) is 0 Å². The van der Waals surface area contributed by atoms with Crippen molar-refractivity contribution >= 4 is 27.4 Å². The van der Waals surface area contributed by atoms with Crippen LogP contribution in [0, 0.1) is 0 Å². The molecule has 0 heterocycles. The fourth-order valence-corrected chi connectivity index (χ4v) is 20.5. The van der Waals surface area contributed by atoms with E-state index in [2.05, 4.69) is 73.3 Å². The minimum absolute atomic E-state index is 1.16. The van der Waals surface area contributed by atoms with E-state index in [4.69, 9.17) is 0 Å². The average Bonchev–Trinajstić information content (AvgIpc) is 2.12. The van der Waals surface area contributed by atoms with Crippen LogP contribution in [-0.4, -0.2) is 21.3 Å². The fourth-order valence-electron chi connectivity index (χ4n) is 2.27. The van der Waals surface area contributed by atoms with E-state index in [1.54, 1.807) is 0 Å². The van der Waals surface area contributed by atoms with Gasteiger partial charge in [-0.1, -0.05) is 0 Å². The van der Waals surface area contributed by atoms with Gasteiger partial charge in [0.25, 0.3) is 0 Å². The molecule has 0 amide bonds. The van der Waals surface area contributed by atoms with Crippen LogP contribution in [0.15, 0.2) is 34.4 Å². The molecule has 1 aromatic rings. The molecule has 88 valence electrons. The summed E-state index contributed by atoms with van der Waals surface area (Å²) in [6, 6.07) is 10.8. The summed E-state index contributed by atoms with van der Waals surface area (Å²) in [4.78, 5) is 0. The molecule has 0 fully saturated rings. The Morgan fingerprint density at radius 3 is 1.88 bits per heavy atom. The molecule has 1 rings (SSSR count). The van der Waals surface area contributed by atoms with Crippen LogP contribution in [0.1, 0.15) is 5.56 Å². The molecule has 2 heteroatoms. The summed E-state index contributed by atoms with van der Waals surface area (Å²) in [5.41, 5.74) is 1.38. The standard InChI is InChI=1S/C14H24GeSi/c1-15(2,3)14(16(4,5)6)12-13-10-8-7-9-11-13/h7-12H,1-6H3/b14-12+. The van der Waals surface area contributed by atoms with Crippen LogP contribution in [0.3, 0.4) is 0 Å². The summed E-state index contributed by atoms with van der Waals surface area (Å²) < 4.78 is 1.82. The van der Waals surface area contributed by atoms with E-state index in [0.29, 0.717) is 0 Å². The van der Waals surface area contributed by atoms with Gasteiger partial charge in [-0.05, 0) is 0 Å². The molecule has 16 heavy (non-hydrogen) atoms. The van der Waals surface area contributed by atoms with Gasteiger partial charge in [0, 0.05) is 0 Å². The Bertz CT molecular complexity index is 350. The van der Waals surface area contributed by atoms with Gasteiger partial charge in [0.05, 0.1) is 0 Å². The average molecular weight is 293 g/mol. The Hall–Kier alpha value is -0.280. The van der Waals surface area contributed by atoms with Gasteiger partial charge in [0.15, 0.2) is 0 Å². The zero-order valence-corrected chi connectivity index (χ0v) is 14.6. The van der Waals surface area contributed by atoms with E-state index >= 15 is 0 Å². The predicted molar refractivity (Wildman–Crippen MR) is 81.1 cm³/mol. The van der Waals surface area contributed by atoms with Crippen molar-refractivity contribution in [3.63, 3.8) is 0 Å². The molecule has 0 aliphatic carbocycles. The molecule has 0 aliphatic heterocycles. The maximum absolute atomic E-state index is 2.51. The van der Waals surface area contributed by atoms with E-state index in [9.17, 15) is 0 Å². The number of hydrogen-bond donors (Lipinski definition) is 0. The first-order chi connectivity index (χ1) is 7.21. The normalized spacial score (nSPS) is 14.0. The second kappa shape index (κ2) is 4.92. The molecule has 0 aromatic heterocycles. The molecule has 0 radical (unpaired) electrons. The molecule has 0 aliphatic rings. The van der Waals surface area contributed by atoms with E-state index in [0.717, 1.165) is 0 Å². The molecule has 0 nitrogen and oxygen atoms in total. The van der Waals surface area contributed by atoms with Gasteiger partial charge in [0.2, 0.25) is 0 Å². The molecule has 1 aromatic carbocycles. The quantitative estimate of drug-likeness (QED) is 0.700. The third-order valence-corrected chi connectivity index (χ3v) is 16.8. The van der Waals surface area contributed by atoms with E-state index < -0.39 is 21.3 Å². The molecule has 0 N–H and O–H groups in total. The SMILES string of the molecule is C[Si](C)(C)/[C](=C/c1ccccc1)[Ge]([CH3])([CH3])[CH3]. The zero-order valence-electron chi connectivity index (χ0n) is 11.5. The Morgan fingerprint density at radius 2 is 1.50 bits per heavy atom. The monoisotopic (exact) mass is 294 g/mol. The first-order valence-corrected chi connectivity index (χ1v) is 16.8. The first kappa shape index (κ1) is 13.8. The Kier molecular flexibility index (Phi) is 4.24. The topological polar surface area (TPSA) is 0 Å². The van der Waals surface area contributed by atoms with Gasteiger partial charge in [-0.2, -0.15) is 0 Å². The van der Waals surface area contributed by atoms with Crippen molar-refractivity contribution in [2.45, 2.75) is 36.9 Å². The van der Waals surface area contributed by atoms with Crippen molar-refractivity contribution in [1.82, 2.24) is 0 Å². The molecule has 0 saturated heterocycles. The van der Waals surface area contributed by atoms with Crippen LogP contribution in [0.25, 0.3) is 6.08 Å². The summed E-state index contributed by atoms with van der Waals surface area (Å²) in [5.74, 6) is 7.52. The van der Waals surface area contributed by atoms with Crippen molar-refractivity contribution in [3.8, 4) is 0 Å².